The summed E-state index contributed by atoms with van der Waals surface area (Å²) in [6, 6.07) is 17.7. The van der Waals surface area contributed by atoms with E-state index in [2.05, 4.69) is 17.0 Å². The zero-order valence-electron chi connectivity index (χ0n) is 18.2. The number of nitrogens with zero attached hydrogens (tertiary/aromatic N) is 3. The monoisotopic (exact) mass is 415 g/mol. The number of urea groups is 1. The van der Waals surface area contributed by atoms with Crippen LogP contribution in [-0.4, -0.2) is 84.7 Å². The second-order valence-corrected chi connectivity index (χ2v) is 7.41. The third-order valence-electron chi connectivity index (χ3n) is 4.85. The van der Waals surface area contributed by atoms with Gasteiger partial charge in [0.2, 0.25) is 0 Å². The number of phenolic OH excluding ortho intramolecular Hbond substituents is 1. The molecule has 164 valence electrons. The van der Waals surface area contributed by atoms with E-state index in [0.717, 1.165) is 18.4 Å². The van der Waals surface area contributed by atoms with Crippen LogP contribution in [-0.2, 0) is 17.6 Å². The summed E-state index contributed by atoms with van der Waals surface area (Å²) in [5, 5.41) is 16.3. The molecule has 0 aromatic heterocycles. The van der Waals surface area contributed by atoms with E-state index in [1.54, 1.807) is 21.9 Å². The summed E-state index contributed by atoms with van der Waals surface area (Å²) < 4.78 is 0. The van der Waals surface area contributed by atoms with Gasteiger partial charge in [0, 0.05) is 33.2 Å². The number of benzene rings is 2. The SMILES string of the molecule is CN(CCc1ccccc1)C(=O)N(C)C[C@H](Cc1ccc(O)cc1)N(C)C.O=CO. The molecule has 0 aliphatic rings. The van der Waals surface area contributed by atoms with Gasteiger partial charge in [0.15, 0.2) is 0 Å². The predicted molar refractivity (Wildman–Crippen MR) is 119 cm³/mol. The van der Waals surface area contributed by atoms with Gasteiger partial charge >= 0.3 is 6.03 Å². The van der Waals surface area contributed by atoms with E-state index in [9.17, 15) is 9.90 Å². The summed E-state index contributed by atoms with van der Waals surface area (Å²) in [5.74, 6) is 0.271. The topological polar surface area (TPSA) is 84.3 Å². The molecule has 2 aromatic rings. The van der Waals surface area contributed by atoms with Crippen molar-refractivity contribution in [3.05, 3.63) is 65.7 Å². The van der Waals surface area contributed by atoms with Gasteiger partial charge in [-0.2, -0.15) is 0 Å². The molecule has 2 rings (SSSR count). The number of hydrogen-bond acceptors (Lipinski definition) is 4. The van der Waals surface area contributed by atoms with E-state index in [1.807, 2.05) is 58.5 Å². The minimum absolute atomic E-state index is 0.0310. The molecule has 30 heavy (non-hydrogen) atoms. The van der Waals surface area contributed by atoms with Gasteiger partial charge in [0.05, 0.1) is 0 Å². The highest BCUT2D eigenvalue weighted by Crippen LogP contribution is 2.14. The Kier molecular flexibility index (Phi) is 11.0. The van der Waals surface area contributed by atoms with Crippen molar-refractivity contribution in [2.24, 2.45) is 0 Å². The maximum atomic E-state index is 12.7. The molecular formula is C23H33N3O4. The first-order valence-electron chi connectivity index (χ1n) is 9.80. The number of rotatable bonds is 8. The molecule has 1 atom stereocenters. The smallest absolute Gasteiger partial charge is 0.319 e. The first-order chi connectivity index (χ1) is 14.3. The fraction of sp³-hybridized carbons (Fsp3) is 0.391. The molecule has 7 heteroatoms. The summed E-state index contributed by atoms with van der Waals surface area (Å²) in [7, 11) is 7.77. The van der Waals surface area contributed by atoms with Gasteiger partial charge in [0.25, 0.3) is 6.47 Å². The Bertz CT molecular complexity index is 751. The lowest BCUT2D eigenvalue weighted by Crippen LogP contribution is -2.47. The number of likely N-dealkylation sites (N-methyl/N-ethyl adjacent to an activating group) is 3. The van der Waals surface area contributed by atoms with Gasteiger partial charge in [-0.05, 0) is 50.2 Å². The maximum Gasteiger partial charge on any atom is 0.319 e. The van der Waals surface area contributed by atoms with E-state index >= 15 is 0 Å². The first kappa shape index (κ1) is 25.0. The number of phenols is 1. The van der Waals surface area contributed by atoms with E-state index in [1.165, 1.54) is 5.56 Å². The van der Waals surface area contributed by atoms with Crippen molar-refractivity contribution in [3.63, 3.8) is 0 Å². The Hall–Kier alpha value is -3.06. The van der Waals surface area contributed by atoms with Crippen LogP contribution in [0.25, 0.3) is 0 Å². The average molecular weight is 416 g/mol. The summed E-state index contributed by atoms with van der Waals surface area (Å²) in [5.41, 5.74) is 2.38. The molecular weight excluding hydrogens is 382 g/mol. The van der Waals surface area contributed by atoms with Crippen LogP contribution >= 0.6 is 0 Å². The minimum Gasteiger partial charge on any atom is -0.508 e. The van der Waals surface area contributed by atoms with Crippen LogP contribution in [0.2, 0.25) is 0 Å². The molecule has 0 fully saturated rings. The van der Waals surface area contributed by atoms with Crippen molar-refractivity contribution >= 4 is 12.5 Å². The Morgan fingerprint density at radius 2 is 1.50 bits per heavy atom. The van der Waals surface area contributed by atoms with E-state index < -0.39 is 0 Å². The molecule has 2 aromatic carbocycles. The molecule has 2 N–H and O–H groups in total. The van der Waals surface area contributed by atoms with Crippen molar-refractivity contribution in [1.82, 2.24) is 14.7 Å². The quantitative estimate of drug-likeness (QED) is 0.648. The van der Waals surface area contributed by atoms with Gasteiger partial charge in [-0.15, -0.1) is 0 Å². The molecule has 0 aliphatic heterocycles. The number of carboxylic acid groups (broad SMARTS) is 1. The van der Waals surface area contributed by atoms with Crippen LogP contribution < -0.4 is 0 Å². The van der Waals surface area contributed by atoms with Crippen LogP contribution in [0.3, 0.4) is 0 Å². The molecule has 0 aliphatic carbocycles. The normalized spacial score (nSPS) is 11.2. The lowest BCUT2D eigenvalue weighted by molar-refractivity contribution is -0.122. The summed E-state index contributed by atoms with van der Waals surface area (Å²) in [6.45, 7) is 1.08. The first-order valence-corrected chi connectivity index (χ1v) is 9.80. The van der Waals surface area contributed by atoms with E-state index in [4.69, 9.17) is 9.90 Å². The second-order valence-electron chi connectivity index (χ2n) is 7.41. The van der Waals surface area contributed by atoms with Gasteiger partial charge in [0.1, 0.15) is 5.75 Å². The lowest BCUT2D eigenvalue weighted by atomic mass is 10.0. The van der Waals surface area contributed by atoms with Gasteiger partial charge < -0.3 is 24.9 Å². The maximum absolute atomic E-state index is 12.7. The fourth-order valence-electron chi connectivity index (χ4n) is 3.04. The number of hydrogen-bond donors (Lipinski definition) is 2. The third kappa shape index (κ3) is 8.96. The highest BCUT2D eigenvalue weighted by molar-refractivity contribution is 5.73. The van der Waals surface area contributed by atoms with E-state index in [0.29, 0.717) is 13.1 Å². The summed E-state index contributed by atoms with van der Waals surface area (Å²) in [6.07, 6.45) is 1.67. The van der Waals surface area contributed by atoms with Crippen molar-refractivity contribution < 1.29 is 19.8 Å². The minimum atomic E-state index is -0.250. The Morgan fingerprint density at radius 3 is 2.03 bits per heavy atom. The fourth-order valence-corrected chi connectivity index (χ4v) is 3.04. The highest BCUT2D eigenvalue weighted by atomic mass is 16.3. The Labute approximate surface area is 179 Å². The predicted octanol–water partition coefficient (Wildman–Crippen LogP) is 2.79. The van der Waals surface area contributed by atoms with Crippen LogP contribution in [0, 0.1) is 0 Å². The summed E-state index contributed by atoms with van der Waals surface area (Å²) in [4.78, 5) is 26.8. The molecule has 0 bridgehead atoms. The Morgan fingerprint density at radius 1 is 0.933 bits per heavy atom. The lowest BCUT2D eigenvalue weighted by Gasteiger charge is -2.31. The summed E-state index contributed by atoms with van der Waals surface area (Å²) >= 11 is 0. The van der Waals surface area contributed by atoms with Crippen molar-refractivity contribution in [2.75, 3.05) is 41.3 Å². The van der Waals surface area contributed by atoms with Crippen molar-refractivity contribution in [3.8, 4) is 5.75 Å². The largest absolute Gasteiger partial charge is 0.508 e. The molecule has 0 unspecified atom stereocenters. The molecule has 2 amide bonds. The molecule has 0 saturated heterocycles. The van der Waals surface area contributed by atoms with Gasteiger partial charge in [-0.25, -0.2) is 4.79 Å². The average Bonchev–Trinajstić information content (AvgIpc) is 2.73. The number of aromatic hydroxyl groups is 1. The van der Waals surface area contributed by atoms with Crippen molar-refractivity contribution in [1.29, 1.82) is 0 Å². The zero-order valence-corrected chi connectivity index (χ0v) is 18.2. The molecule has 0 heterocycles. The third-order valence-corrected chi connectivity index (χ3v) is 4.85. The molecule has 0 saturated carbocycles. The second kappa shape index (κ2) is 13.2. The van der Waals surface area contributed by atoms with Crippen LogP contribution in [0.4, 0.5) is 4.79 Å². The van der Waals surface area contributed by atoms with E-state index in [-0.39, 0.29) is 24.3 Å². The van der Waals surface area contributed by atoms with Gasteiger partial charge in [-0.3, -0.25) is 4.79 Å². The zero-order chi connectivity index (χ0) is 22.5. The molecule has 0 radical (unpaired) electrons. The number of carbonyl (C=O) groups is 2. The number of carbonyl (C=O) groups excluding carboxylic acids is 1. The van der Waals surface area contributed by atoms with Crippen LogP contribution in [0.15, 0.2) is 54.6 Å². The van der Waals surface area contributed by atoms with Crippen LogP contribution in [0.1, 0.15) is 11.1 Å². The van der Waals surface area contributed by atoms with Gasteiger partial charge in [-0.1, -0.05) is 42.5 Å². The van der Waals surface area contributed by atoms with Crippen LogP contribution in [0.5, 0.6) is 5.75 Å². The Balaban J connectivity index is 0.00000141. The number of amides is 2. The molecule has 0 spiro atoms. The standard InChI is InChI=1S/C22H31N3O2.CH2O2/c1-23(2)20(16-19-10-12-21(26)13-11-19)17-25(4)22(27)24(3)15-14-18-8-6-5-7-9-18;2-1-3/h5-13,20,26H,14-17H2,1-4H3;1H,(H,2,3)/t20-;/m0./s1. The van der Waals surface area contributed by atoms with Crippen molar-refractivity contribution in [2.45, 2.75) is 18.9 Å². The molecule has 7 nitrogen and oxygen atoms in total. The highest BCUT2D eigenvalue weighted by Gasteiger charge is 2.20.